The minimum absolute atomic E-state index is 0.0915. The average molecular weight is 334 g/mol. The van der Waals surface area contributed by atoms with Gasteiger partial charge in [-0.2, -0.15) is 13.2 Å². The molecule has 19 heavy (non-hydrogen) atoms. The van der Waals surface area contributed by atoms with Crippen molar-refractivity contribution in [3.63, 3.8) is 0 Å². The summed E-state index contributed by atoms with van der Waals surface area (Å²) in [5, 5.41) is 7.87. The molecular formula is C12H11BrF3N3. The molecule has 0 fully saturated rings. The minimum atomic E-state index is -4.30. The molecule has 1 unspecified atom stereocenters. The molecule has 1 aromatic carbocycles. The van der Waals surface area contributed by atoms with E-state index in [4.69, 9.17) is 0 Å². The number of halogens is 4. The van der Waals surface area contributed by atoms with Gasteiger partial charge in [0.15, 0.2) is 0 Å². The molecule has 0 aliphatic carbocycles. The molecule has 1 aromatic heterocycles. The molecule has 0 N–H and O–H groups in total. The van der Waals surface area contributed by atoms with Gasteiger partial charge in [0.2, 0.25) is 0 Å². The van der Waals surface area contributed by atoms with Crippen LogP contribution in [0.15, 0.2) is 30.5 Å². The number of alkyl halides is 4. The molecule has 1 heterocycles. The van der Waals surface area contributed by atoms with Crippen LogP contribution in [0, 0.1) is 0 Å². The van der Waals surface area contributed by atoms with Crippen LogP contribution in [-0.2, 0) is 12.7 Å². The van der Waals surface area contributed by atoms with E-state index in [-0.39, 0.29) is 4.83 Å². The van der Waals surface area contributed by atoms with Gasteiger partial charge in [0.25, 0.3) is 0 Å². The summed E-state index contributed by atoms with van der Waals surface area (Å²) >= 11 is 3.37. The third-order valence-electron chi connectivity index (χ3n) is 2.59. The predicted octanol–water partition coefficient (Wildman–Crippen LogP) is 3.80. The number of aromatic nitrogens is 3. The standard InChI is InChI=1S/C12H11BrF3N3/c1-8(13)11-7-19(18-17-11)6-9-2-4-10(5-3-9)12(14,15)16/h2-5,7-8H,6H2,1H3. The number of nitrogens with zero attached hydrogens (tertiary/aromatic N) is 3. The second-order valence-electron chi connectivity index (χ2n) is 4.15. The molecular weight excluding hydrogens is 323 g/mol. The molecule has 2 aromatic rings. The van der Waals surface area contributed by atoms with Gasteiger partial charge in [-0.3, -0.25) is 0 Å². The summed E-state index contributed by atoms with van der Waals surface area (Å²) in [4.78, 5) is 0.0915. The third-order valence-corrected chi connectivity index (χ3v) is 3.06. The van der Waals surface area contributed by atoms with Crippen LogP contribution in [0.5, 0.6) is 0 Å². The Labute approximate surface area is 116 Å². The van der Waals surface area contributed by atoms with Crippen molar-refractivity contribution in [1.29, 1.82) is 0 Å². The molecule has 0 aliphatic heterocycles. The van der Waals surface area contributed by atoms with Crippen molar-refractivity contribution < 1.29 is 13.2 Å². The highest BCUT2D eigenvalue weighted by Crippen LogP contribution is 2.29. The van der Waals surface area contributed by atoms with Gasteiger partial charge in [0.1, 0.15) is 0 Å². The van der Waals surface area contributed by atoms with E-state index >= 15 is 0 Å². The first-order valence-electron chi connectivity index (χ1n) is 5.56. The fraction of sp³-hybridized carbons (Fsp3) is 0.333. The lowest BCUT2D eigenvalue weighted by Gasteiger charge is -2.07. The Morgan fingerprint density at radius 2 is 1.89 bits per heavy atom. The van der Waals surface area contributed by atoms with Crippen molar-refractivity contribution in [2.75, 3.05) is 0 Å². The van der Waals surface area contributed by atoms with Gasteiger partial charge in [-0.25, -0.2) is 4.68 Å². The van der Waals surface area contributed by atoms with Crippen molar-refractivity contribution in [3.8, 4) is 0 Å². The molecule has 0 radical (unpaired) electrons. The first-order chi connectivity index (χ1) is 8.86. The molecule has 0 saturated heterocycles. The van der Waals surface area contributed by atoms with Crippen molar-refractivity contribution in [2.24, 2.45) is 0 Å². The van der Waals surface area contributed by atoms with Gasteiger partial charge in [0, 0.05) is 6.20 Å². The maximum atomic E-state index is 12.4. The minimum Gasteiger partial charge on any atom is -0.248 e. The molecule has 3 nitrogen and oxygen atoms in total. The fourth-order valence-electron chi connectivity index (χ4n) is 1.56. The highest BCUT2D eigenvalue weighted by atomic mass is 79.9. The Morgan fingerprint density at radius 1 is 1.26 bits per heavy atom. The SMILES string of the molecule is CC(Br)c1cn(Cc2ccc(C(F)(F)F)cc2)nn1. The third kappa shape index (κ3) is 3.56. The Kier molecular flexibility index (Phi) is 3.93. The monoisotopic (exact) mass is 333 g/mol. The Balaban J connectivity index is 2.11. The van der Waals surface area contributed by atoms with E-state index in [1.54, 1.807) is 10.9 Å². The smallest absolute Gasteiger partial charge is 0.248 e. The molecule has 2 rings (SSSR count). The molecule has 0 saturated carbocycles. The molecule has 0 aliphatic rings. The first-order valence-corrected chi connectivity index (χ1v) is 6.48. The summed E-state index contributed by atoms with van der Waals surface area (Å²) in [5.74, 6) is 0. The van der Waals surface area contributed by atoms with Crippen LogP contribution >= 0.6 is 15.9 Å². The van der Waals surface area contributed by atoms with Gasteiger partial charge in [-0.15, -0.1) is 5.10 Å². The summed E-state index contributed by atoms with van der Waals surface area (Å²) < 4.78 is 38.8. The second kappa shape index (κ2) is 5.32. The number of hydrogen-bond acceptors (Lipinski definition) is 2. The van der Waals surface area contributed by atoms with Crippen LogP contribution in [0.2, 0.25) is 0 Å². The van der Waals surface area contributed by atoms with Crippen LogP contribution in [0.3, 0.4) is 0 Å². The fourth-order valence-corrected chi connectivity index (χ4v) is 1.77. The van der Waals surface area contributed by atoms with E-state index in [0.717, 1.165) is 23.4 Å². The van der Waals surface area contributed by atoms with Crippen molar-refractivity contribution in [3.05, 3.63) is 47.3 Å². The largest absolute Gasteiger partial charge is 0.416 e. The van der Waals surface area contributed by atoms with E-state index in [1.165, 1.54) is 12.1 Å². The lowest BCUT2D eigenvalue weighted by molar-refractivity contribution is -0.137. The van der Waals surface area contributed by atoms with Gasteiger partial charge in [0.05, 0.1) is 22.6 Å². The van der Waals surface area contributed by atoms with Crippen LogP contribution in [0.1, 0.15) is 28.6 Å². The van der Waals surface area contributed by atoms with Crippen LogP contribution in [0.4, 0.5) is 13.2 Å². The lowest BCUT2D eigenvalue weighted by Crippen LogP contribution is -2.05. The van der Waals surface area contributed by atoms with Crippen LogP contribution in [-0.4, -0.2) is 15.0 Å². The molecule has 1 atom stereocenters. The summed E-state index contributed by atoms with van der Waals surface area (Å²) in [7, 11) is 0. The van der Waals surface area contributed by atoms with Gasteiger partial charge in [-0.1, -0.05) is 33.3 Å². The van der Waals surface area contributed by atoms with E-state index in [0.29, 0.717) is 6.54 Å². The summed E-state index contributed by atoms with van der Waals surface area (Å²) in [6, 6.07) is 5.03. The van der Waals surface area contributed by atoms with Crippen molar-refractivity contribution >= 4 is 15.9 Å². The highest BCUT2D eigenvalue weighted by molar-refractivity contribution is 9.09. The molecule has 0 bridgehead atoms. The zero-order chi connectivity index (χ0) is 14.0. The van der Waals surface area contributed by atoms with Crippen LogP contribution in [0.25, 0.3) is 0 Å². The Hall–Kier alpha value is -1.37. The maximum absolute atomic E-state index is 12.4. The normalized spacial score (nSPS) is 13.5. The number of benzene rings is 1. The summed E-state index contributed by atoms with van der Waals surface area (Å²) in [5.41, 5.74) is 0.878. The Morgan fingerprint density at radius 3 is 2.37 bits per heavy atom. The predicted molar refractivity (Wildman–Crippen MR) is 67.9 cm³/mol. The lowest BCUT2D eigenvalue weighted by atomic mass is 10.1. The van der Waals surface area contributed by atoms with E-state index in [9.17, 15) is 13.2 Å². The van der Waals surface area contributed by atoms with Gasteiger partial charge in [-0.05, 0) is 24.6 Å². The summed E-state index contributed by atoms with van der Waals surface area (Å²) in [6.45, 7) is 2.32. The number of rotatable bonds is 3. The highest BCUT2D eigenvalue weighted by Gasteiger charge is 2.29. The molecule has 7 heteroatoms. The zero-order valence-electron chi connectivity index (χ0n) is 10.0. The van der Waals surface area contributed by atoms with E-state index < -0.39 is 11.7 Å². The topological polar surface area (TPSA) is 30.7 Å². The number of hydrogen-bond donors (Lipinski definition) is 0. The van der Waals surface area contributed by atoms with E-state index in [1.807, 2.05) is 6.92 Å². The maximum Gasteiger partial charge on any atom is 0.416 e. The Bertz CT molecular complexity index is 546. The molecule has 102 valence electrons. The zero-order valence-corrected chi connectivity index (χ0v) is 11.6. The van der Waals surface area contributed by atoms with Crippen LogP contribution < -0.4 is 0 Å². The van der Waals surface area contributed by atoms with Crippen molar-refractivity contribution in [2.45, 2.75) is 24.5 Å². The molecule has 0 amide bonds. The van der Waals surface area contributed by atoms with Crippen molar-refractivity contribution in [1.82, 2.24) is 15.0 Å². The molecule has 0 spiro atoms. The quantitative estimate of drug-likeness (QED) is 0.800. The second-order valence-corrected chi connectivity index (χ2v) is 5.53. The first kappa shape index (κ1) is 14.0. The summed E-state index contributed by atoms with van der Waals surface area (Å²) in [6.07, 6.45) is -2.54. The van der Waals surface area contributed by atoms with Gasteiger partial charge < -0.3 is 0 Å². The van der Waals surface area contributed by atoms with E-state index in [2.05, 4.69) is 26.2 Å². The average Bonchev–Trinajstić information content (AvgIpc) is 2.77. The van der Waals surface area contributed by atoms with Gasteiger partial charge >= 0.3 is 6.18 Å².